The van der Waals surface area contributed by atoms with Crippen molar-refractivity contribution in [3.05, 3.63) is 47.2 Å². The van der Waals surface area contributed by atoms with Crippen LogP contribution in [0.1, 0.15) is 30.6 Å². The molecule has 0 radical (unpaired) electrons. The fraction of sp³-hybridized carbons (Fsp3) is 0.375. The summed E-state index contributed by atoms with van der Waals surface area (Å²) in [5, 5.41) is 17.3. The highest BCUT2D eigenvalue weighted by atomic mass is 35.5. The van der Waals surface area contributed by atoms with E-state index in [0.29, 0.717) is 23.6 Å². The van der Waals surface area contributed by atoms with Gasteiger partial charge in [-0.15, -0.1) is 0 Å². The highest BCUT2D eigenvalue weighted by Gasteiger charge is 2.12. The highest BCUT2D eigenvalue weighted by Crippen LogP contribution is 2.14. The lowest BCUT2D eigenvalue weighted by Crippen LogP contribution is -2.28. The second-order valence-corrected chi connectivity index (χ2v) is 5.95. The van der Waals surface area contributed by atoms with Crippen LogP contribution < -0.4 is 5.32 Å². The van der Waals surface area contributed by atoms with Gasteiger partial charge in [0.2, 0.25) is 0 Å². The van der Waals surface area contributed by atoms with Crippen LogP contribution in [0.5, 0.6) is 0 Å². The predicted molar refractivity (Wildman–Crippen MR) is 86.4 cm³/mol. The Kier molecular flexibility index (Phi) is 5.57. The van der Waals surface area contributed by atoms with Crippen molar-refractivity contribution in [2.75, 3.05) is 6.54 Å². The van der Waals surface area contributed by atoms with E-state index in [1.165, 1.54) is 6.20 Å². The van der Waals surface area contributed by atoms with Crippen LogP contribution >= 0.6 is 11.6 Å². The zero-order valence-electron chi connectivity index (χ0n) is 12.7. The Bertz CT molecular complexity index is 640. The molecule has 0 aliphatic rings. The van der Waals surface area contributed by atoms with E-state index in [4.69, 9.17) is 11.6 Å². The molecule has 6 heteroatoms. The van der Waals surface area contributed by atoms with Crippen LogP contribution in [-0.4, -0.2) is 33.4 Å². The third kappa shape index (κ3) is 4.32. The molecule has 1 amide bonds. The van der Waals surface area contributed by atoms with E-state index < -0.39 is 6.10 Å². The van der Waals surface area contributed by atoms with Gasteiger partial charge in [-0.05, 0) is 30.5 Å². The van der Waals surface area contributed by atoms with Crippen molar-refractivity contribution in [3.63, 3.8) is 0 Å². The van der Waals surface area contributed by atoms with Crippen LogP contribution in [-0.2, 0) is 0 Å². The Balaban J connectivity index is 1.95. The van der Waals surface area contributed by atoms with Crippen LogP contribution in [0.2, 0.25) is 5.02 Å². The highest BCUT2D eigenvalue weighted by molar-refractivity contribution is 6.30. The summed E-state index contributed by atoms with van der Waals surface area (Å²) < 4.78 is 1.60. The Labute approximate surface area is 134 Å². The van der Waals surface area contributed by atoms with Gasteiger partial charge in [-0.25, -0.2) is 4.68 Å². The van der Waals surface area contributed by atoms with Gasteiger partial charge in [-0.2, -0.15) is 5.10 Å². The summed E-state index contributed by atoms with van der Waals surface area (Å²) in [5.41, 5.74) is 1.26. The van der Waals surface area contributed by atoms with Crippen LogP contribution in [0, 0.1) is 5.92 Å². The first-order valence-corrected chi connectivity index (χ1v) is 7.62. The average Bonchev–Trinajstić information content (AvgIpc) is 2.96. The third-order valence-corrected chi connectivity index (χ3v) is 3.65. The topological polar surface area (TPSA) is 67.2 Å². The minimum absolute atomic E-state index is 0.183. The van der Waals surface area contributed by atoms with E-state index in [1.807, 2.05) is 26.0 Å². The maximum absolute atomic E-state index is 12.0. The average molecular weight is 322 g/mol. The molecule has 2 aromatic rings. The van der Waals surface area contributed by atoms with Crippen LogP contribution in [0.3, 0.4) is 0 Å². The van der Waals surface area contributed by atoms with E-state index in [9.17, 15) is 9.90 Å². The number of benzene rings is 1. The second kappa shape index (κ2) is 7.42. The first kappa shape index (κ1) is 16.5. The van der Waals surface area contributed by atoms with Gasteiger partial charge in [0.15, 0.2) is 0 Å². The number of hydrogen-bond donors (Lipinski definition) is 2. The molecule has 0 fully saturated rings. The monoisotopic (exact) mass is 321 g/mol. The summed E-state index contributed by atoms with van der Waals surface area (Å²) in [4.78, 5) is 12.0. The molecule has 1 heterocycles. The summed E-state index contributed by atoms with van der Waals surface area (Å²) in [5.74, 6) is -0.0216. The summed E-state index contributed by atoms with van der Waals surface area (Å²) in [7, 11) is 0. The summed E-state index contributed by atoms with van der Waals surface area (Å²) >= 11 is 5.94. The first-order valence-electron chi connectivity index (χ1n) is 7.24. The Morgan fingerprint density at radius 1 is 1.45 bits per heavy atom. The van der Waals surface area contributed by atoms with Crippen molar-refractivity contribution in [1.82, 2.24) is 15.1 Å². The predicted octanol–water partition coefficient (Wildman–Crippen LogP) is 2.66. The minimum atomic E-state index is -0.408. The van der Waals surface area contributed by atoms with Crippen molar-refractivity contribution in [2.24, 2.45) is 5.92 Å². The Morgan fingerprint density at radius 3 is 2.91 bits per heavy atom. The van der Waals surface area contributed by atoms with E-state index in [2.05, 4.69) is 10.4 Å². The number of aromatic nitrogens is 2. The lowest BCUT2D eigenvalue weighted by Gasteiger charge is -2.14. The molecule has 0 spiro atoms. The Hall–Kier alpha value is -1.85. The van der Waals surface area contributed by atoms with Gasteiger partial charge in [0.25, 0.3) is 5.91 Å². The van der Waals surface area contributed by atoms with Gasteiger partial charge >= 0.3 is 0 Å². The van der Waals surface area contributed by atoms with Gasteiger partial charge in [0, 0.05) is 17.8 Å². The maximum atomic E-state index is 12.0. The molecule has 0 aliphatic carbocycles. The summed E-state index contributed by atoms with van der Waals surface area (Å²) in [6.45, 7) is 4.32. The van der Waals surface area contributed by atoms with Gasteiger partial charge in [-0.1, -0.05) is 31.5 Å². The molecule has 0 bridgehead atoms. The van der Waals surface area contributed by atoms with Gasteiger partial charge in [0.05, 0.1) is 23.6 Å². The van der Waals surface area contributed by atoms with E-state index in [0.717, 1.165) is 5.69 Å². The van der Waals surface area contributed by atoms with Crippen LogP contribution in [0.15, 0.2) is 36.7 Å². The Morgan fingerprint density at radius 2 is 2.23 bits per heavy atom. The van der Waals surface area contributed by atoms with E-state index >= 15 is 0 Å². The molecule has 5 nitrogen and oxygen atoms in total. The number of rotatable bonds is 6. The molecule has 0 saturated carbocycles. The number of carbonyl (C=O) groups excluding carboxylic acids is 1. The number of hydrogen-bond acceptors (Lipinski definition) is 3. The van der Waals surface area contributed by atoms with E-state index in [1.54, 1.807) is 23.0 Å². The number of nitrogens with zero attached hydrogens (tertiary/aromatic N) is 2. The normalized spacial score (nSPS) is 12.4. The standard InChI is InChI=1S/C16H20ClN3O2/c1-11(2)15(21)6-7-18-16(22)12-9-19-20(10-12)14-5-3-4-13(17)8-14/h3-5,8-11,15,21H,6-7H2,1-2H3,(H,18,22). The fourth-order valence-corrected chi connectivity index (χ4v) is 2.15. The molecule has 1 aromatic carbocycles. The van der Waals surface area contributed by atoms with E-state index in [-0.39, 0.29) is 11.8 Å². The largest absolute Gasteiger partial charge is 0.393 e. The zero-order valence-corrected chi connectivity index (χ0v) is 13.4. The lowest BCUT2D eigenvalue weighted by molar-refractivity contribution is 0.0920. The van der Waals surface area contributed by atoms with Gasteiger partial charge in [-0.3, -0.25) is 4.79 Å². The number of aliphatic hydroxyl groups is 1. The zero-order chi connectivity index (χ0) is 16.1. The van der Waals surface area contributed by atoms with Crippen molar-refractivity contribution < 1.29 is 9.90 Å². The molecule has 22 heavy (non-hydrogen) atoms. The van der Waals surface area contributed by atoms with Crippen LogP contribution in [0.4, 0.5) is 0 Å². The number of halogens is 1. The van der Waals surface area contributed by atoms with Crippen molar-refractivity contribution in [2.45, 2.75) is 26.4 Å². The summed E-state index contributed by atoms with van der Waals surface area (Å²) in [6, 6.07) is 7.24. The molecule has 118 valence electrons. The van der Waals surface area contributed by atoms with Gasteiger partial charge < -0.3 is 10.4 Å². The maximum Gasteiger partial charge on any atom is 0.254 e. The molecule has 0 saturated heterocycles. The van der Waals surface area contributed by atoms with Crippen LogP contribution in [0.25, 0.3) is 5.69 Å². The van der Waals surface area contributed by atoms with Crippen molar-refractivity contribution >= 4 is 17.5 Å². The molecule has 1 unspecified atom stereocenters. The molecule has 0 aliphatic heterocycles. The summed E-state index contributed by atoms with van der Waals surface area (Å²) in [6.07, 6.45) is 3.29. The molecule has 1 aromatic heterocycles. The molecule has 2 rings (SSSR count). The lowest BCUT2D eigenvalue weighted by atomic mass is 10.0. The van der Waals surface area contributed by atoms with Crippen molar-refractivity contribution in [1.29, 1.82) is 0 Å². The molecule has 1 atom stereocenters. The fourth-order valence-electron chi connectivity index (χ4n) is 1.97. The molecule has 2 N–H and O–H groups in total. The van der Waals surface area contributed by atoms with Gasteiger partial charge in [0.1, 0.15) is 0 Å². The van der Waals surface area contributed by atoms with Crippen molar-refractivity contribution in [3.8, 4) is 5.69 Å². The number of amides is 1. The minimum Gasteiger partial charge on any atom is -0.393 e. The second-order valence-electron chi connectivity index (χ2n) is 5.51. The smallest absolute Gasteiger partial charge is 0.254 e. The third-order valence-electron chi connectivity index (χ3n) is 3.41. The number of aliphatic hydroxyl groups excluding tert-OH is 1. The SMILES string of the molecule is CC(C)C(O)CCNC(=O)c1cnn(-c2cccc(Cl)c2)c1. The molecular weight excluding hydrogens is 302 g/mol. The number of nitrogens with one attached hydrogen (secondary N) is 1. The first-order chi connectivity index (χ1) is 10.5. The molecular formula is C16H20ClN3O2. The quantitative estimate of drug-likeness (QED) is 0.859. The number of carbonyl (C=O) groups is 1.